The van der Waals surface area contributed by atoms with Crippen molar-refractivity contribution < 1.29 is 23.8 Å². The van der Waals surface area contributed by atoms with Gasteiger partial charge in [-0.3, -0.25) is 4.79 Å². The molecule has 1 aliphatic heterocycles. The highest BCUT2D eigenvalue weighted by Gasteiger charge is 2.28. The molecule has 0 aromatic heterocycles. The molecular formula is C21H23NO5. The molecule has 0 saturated carbocycles. The number of hydrogen-bond donors (Lipinski definition) is 0. The zero-order valence-electron chi connectivity index (χ0n) is 15.7. The largest absolute Gasteiger partial charge is 0.493 e. The van der Waals surface area contributed by atoms with E-state index in [1.807, 2.05) is 18.2 Å². The summed E-state index contributed by atoms with van der Waals surface area (Å²) in [6.07, 6.45) is 1.19. The molecular weight excluding hydrogens is 346 g/mol. The smallest absolute Gasteiger partial charge is 0.337 e. The molecule has 0 N–H and O–H groups in total. The van der Waals surface area contributed by atoms with Gasteiger partial charge in [0.05, 0.1) is 19.8 Å². The minimum atomic E-state index is -0.700. The highest BCUT2D eigenvalue weighted by Crippen LogP contribution is 2.31. The topological polar surface area (TPSA) is 65.1 Å². The summed E-state index contributed by atoms with van der Waals surface area (Å²) in [5.41, 5.74) is 2.46. The van der Waals surface area contributed by atoms with E-state index in [-0.39, 0.29) is 5.91 Å². The second-order valence-corrected chi connectivity index (χ2v) is 6.34. The van der Waals surface area contributed by atoms with Gasteiger partial charge in [0.1, 0.15) is 0 Å². The summed E-state index contributed by atoms with van der Waals surface area (Å²) in [5, 5.41) is 0. The number of nitrogens with zero attached hydrogens (tertiary/aromatic N) is 1. The molecule has 3 rings (SSSR count). The number of aryl methyl sites for hydroxylation is 1. The summed E-state index contributed by atoms with van der Waals surface area (Å²) in [6, 6.07) is 12.7. The van der Waals surface area contributed by atoms with Crippen molar-refractivity contribution in [1.29, 1.82) is 0 Å². The quantitative estimate of drug-likeness (QED) is 0.757. The number of hydrogen-bond acceptors (Lipinski definition) is 5. The van der Waals surface area contributed by atoms with E-state index in [1.54, 1.807) is 24.0 Å². The van der Waals surface area contributed by atoms with E-state index in [9.17, 15) is 9.59 Å². The molecule has 0 saturated heterocycles. The fourth-order valence-electron chi connectivity index (χ4n) is 3.23. The predicted octanol–water partition coefficient (Wildman–Crippen LogP) is 3.23. The molecule has 1 heterocycles. The number of carbonyl (C=O) groups excluding carboxylic acids is 2. The third kappa shape index (κ3) is 3.89. The van der Waals surface area contributed by atoms with E-state index >= 15 is 0 Å². The third-order valence-electron chi connectivity index (χ3n) is 4.61. The molecule has 0 radical (unpaired) electrons. The number of ether oxygens (including phenoxy) is 3. The maximum Gasteiger partial charge on any atom is 0.337 e. The van der Waals surface area contributed by atoms with Gasteiger partial charge >= 0.3 is 5.97 Å². The molecule has 0 unspecified atom stereocenters. The minimum Gasteiger partial charge on any atom is -0.493 e. The molecule has 0 aliphatic carbocycles. The molecule has 0 spiro atoms. The van der Waals surface area contributed by atoms with Crippen molar-refractivity contribution in [2.45, 2.75) is 25.9 Å². The SMILES string of the molecule is COC(=O)c1ccc(O[C@@H](C)C(=O)N2CCCc3ccccc32)c(OC)c1. The molecule has 1 amide bonds. The van der Waals surface area contributed by atoms with Crippen LogP contribution in [0.3, 0.4) is 0 Å². The lowest BCUT2D eigenvalue weighted by Crippen LogP contribution is -2.43. The summed E-state index contributed by atoms with van der Waals surface area (Å²) < 4.78 is 15.9. The standard InChI is InChI=1S/C21H23NO5/c1-14(20(23)22-12-6-8-15-7-4-5-9-17(15)22)27-18-11-10-16(21(24)26-3)13-19(18)25-2/h4-5,7,9-11,13-14H,6,8,12H2,1-3H3/t14-/m0/s1. The van der Waals surface area contributed by atoms with Crippen molar-refractivity contribution in [3.63, 3.8) is 0 Å². The molecule has 6 nitrogen and oxygen atoms in total. The Hall–Kier alpha value is -3.02. The van der Waals surface area contributed by atoms with Gasteiger partial charge in [-0.25, -0.2) is 4.79 Å². The molecule has 0 fully saturated rings. The first kappa shape index (κ1) is 18.8. The number of esters is 1. The number of para-hydroxylation sites is 1. The summed E-state index contributed by atoms with van der Waals surface area (Å²) >= 11 is 0. The maximum absolute atomic E-state index is 13.0. The van der Waals surface area contributed by atoms with E-state index in [0.29, 0.717) is 23.6 Å². The van der Waals surface area contributed by atoms with Crippen LogP contribution < -0.4 is 14.4 Å². The Morgan fingerprint density at radius 3 is 2.59 bits per heavy atom. The molecule has 142 valence electrons. The van der Waals surface area contributed by atoms with Gasteiger partial charge in [0.15, 0.2) is 17.6 Å². The molecule has 2 aromatic rings. The number of methoxy groups -OCH3 is 2. The second kappa shape index (κ2) is 8.12. The maximum atomic E-state index is 13.0. The van der Waals surface area contributed by atoms with Gasteiger partial charge in [-0.15, -0.1) is 0 Å². The Balaban J connectivity index is 1.78. The van der Waals surface area contributed by atoms with Gasteiger partial charge in [0, 0.05) is 12.2 Å². The molecule has 6 heteroatoms. The molecule has 27 heavy (non-hydrogen) atoms. The van der Waals surface area contributed by atoms with Gasteiger partial charge in [-0.05, 0) is 49.6 Å². The van der Waals surface area contributed by atoms with Crippen molar-refractivity contribution in [2.24, 2.45) is 0 Å². The number of anilines is 1. The number of rotatable bonds is 5. The predicted molar refractivity (Wildman–Crippen MR) is 102 cm³/mol. The van der Waals surface area contributed by atoms with Crippen LogP contribution in [0.1, 0.15) is 29.3 Å². The second-order valence-electron chi connectivity index (χ2n) is 6.34. The average molecular weight is 369 g/mol. The zero-order chi connectivity index (χ0) is 19.4. The zero-order valence-corrected chi connectivity index (χ0v) is 15.7. The van der Waals surface area contributed by atoms with Crippen molar-refractivity contribution in [2.75, 3.05) is 25.7 Å². The first-order valence-corrected chi connectivity index (χ1v) is 8.87. The molecule has 1 atom stereocenters. The molecule has 0 bridgehead atoms. The fourth-order valence-corrected chi connectivity index (χ4v) is 3.23. The van der Waals surface area contributed by atoms with Crippen LogP contribution in [-0.2, 0) is 16.0 Å². The lowest BCUT2D eigenvalue weighted by atomic mass is 10.0. The Bertz CT molecular complexity index is 848. The summed E-state index contributed by atoms with van der Waals surface area (Å²) in [5.74, 6) is 0.197. The van der Waals surface area contributed by atoms with E-state index in [1.165, 1.54) is 25.8 Å². The first-order valence-electron chi connectivity index (χ1n) is 8.87. The Morgan fingerprint density at radius 1 is 1.07 bits per heavy atom. The van der Waals surface area contributed by atoms with E-state index in [0.717, 1.165) is 18.5 Å². The van der Waals surface area contributed by atoms with E-state index in [4.69, 9.17) is 14.2 Å². The van der Waals surface area contributed by atoms with Crippen LogP contribution in [0.15, 0.2) is 42.5 Å². The highest BCUT2D eigenvalue weighted by atomic mass is 16.5. The van der Waals surface area contributed by atoms with E-state index in [2.05, 4.69) is 6.07 Å². The summed E-state index contributed by atoms with van der Waals surface area (Å²) in [6.45, 7) is 2.38. The Labute approximate surface area is 158 Å². The van der Waals surface area contributed by atoms with Gasteiger partial charge in [-0.1, -0.05) is 18.2 Å². The average Bonchev–Trinajstić information content (AvgIpc) is 2.72. The monoisotopic (exact) mass is 369 g/mol. The number of fused-ring (bicyclic) bond motifs is 1. The van der Waals surface area contributed by atoms with Gasteiger partial charge in [0.25, 0.3) is 5.91 Å². The normalized spacial score (nSPS) is 14.1. The van der Waals surface area contributed by atoms with Crippen molar-refractivity contribution in [3.8, 4) is 11.5 Å². The third-order valence-corrected chi connectivity index (χ3v) is 4.61. The number of benzene rings is 2. The minimum absolute atomic E-state index is 0.110. The van der Waals surface area contributed by atoms with Crippen molar-refractivity contribution in [1.82, 2.24) is 0 Å². The lowest BCUT2D eigenvalue weighted by molar-refractivity contribution is -0.124. The highest BCUT2D eigenvalue weighted by molar-refractivity contribution is 5.97. The van der Waals surface area contributed by atoms with Crippen LogP contribution in [0, 0.1) is 0 Å². The van der Waals surface area contributed by atoms with Gasteiger partial charge < -0.3 is 19.1 Å². The Kier molecular flexibility index (Phi) is 5.64. The first-order chi connectivity index (χ1) is 13.0. The van der Waals surface area contributed by atoms with Gasteiger partial charge in [-0.2, -0.15) is 0 Å². The number of carbonyl (C=O) groups is 2. The van der Waals surface area contributed by atoms with Crippen molar-refractivity contribution in [3.05, 3.63) is 53.6 Å². The Morgan fingerprint density at radius 2 is 1.85 bits per heavy atom. The van der Waals surface area contributed by atoms with Crippen LogP contribution in [0.4, 0.5) is 5.69 Å². The van der Waals surface area contributed by atoms with Crippen LogP contribution in [0.25, 0.3) is 0 Å². The summed E-state index contributed by atoms with van der Waals surface area (Å²) in [7, 11) is 2.80. The summed E-state index contributed by atoms with van der Waals surface area (Å²) in [4.78, 5) is 26.4. The van der Waals surface area contributed by atoms with Crippen LogP contribution in [0.5, 0.6) is 11.5 Å². The van der Waals surface area contributed by atoms with Crippen LogP contribution >= 0.6 is 0 Å². The van der Waals surface area contributed by atoms with Gasteiger partial charge in [0.2, 0.25) is 0 Å². The fraction of sp³-hybridized carbons (Fsp3) is 0.333. The van der Waals surface area contributed by atoms with E-state index < -0.39 is 12.1 Å². The number of amides is 1. The van der Waals surface area contributed by atoms with Crippen molar-refractivity contribution >= 4 is 17.6 Å². The van der Waals surface area contributed by atoms with Crippen LogP contribution in [0.2, 0.25) is 0 Å². The molecule has 1 aliphatic rings. The lowest BCUT2D eigenvalue weighted by Gasteiger charge is -2.31. The van der Waals surface area contributed by atoms with Crippen LogP contribution in [-0.4, -0.2) is 38.7 Å². The molecule has 2 aromatic carbocycles.